The van der Waals surface area contributed by atoms with Crippen LogP contribution in [0, 0.1) is 6.92 Å². The number of sulfonamides is 1. The van der Waals surface area contributed by atoms with Crippen molar-refractivity contribution < 1.29 is 31.8 Å². The number of benzene rings is 1. The van der Waals surface area contributed by atoms with E-state index in [4.69, 9.17) is 18.6 Å². The van der Waals surface area contributed by atoms with Crippen molar-refractivity contribution in [1.82, 2.24) is 14.8 Å². The van der Waals surface area contributed by atoms with Crippen molar-refractivity contribution in [2.24, 2.45) is 0 Å². The lowest BCUT2D eigenvalue weighted by Gasteiger charge is -2.27. The number of carbonyl (C=O) groups excluding carboxylic acids is 1. The fourth-order valence-corrected chi connectivity index (χ4v) is 5.97. The molecule has 13 heteroatoms. The van der Waals surface area contributed by atoms with Crippen molar-refractivity contribution in [2.45, 2.75) is 39.5 Å². The van der Waals surface area contributed by atoms with Crippen LogP contribution >= 0.6 is 0 Å². The highest BCUT2D eigenvalue weighted by Crippen LogP contribution is 2.39. The number of carbonyl (C=O) groups is 1. The molecule has 0 saturated carbocycles. The molecule has 37 heavy (non-hydrogen) atoms. The van der Waals surface area contributed by atoms with Crippen molar-refractivity contribution in [3.05, 3.63) is 36.1 Å². The van der Waals surface area contributed by atoms with Crippen LogP contribution in [-0.4, -0.2) is 70.3 Å². The Kier molecular flexibility index (Phi) is 8.69. The van der Waals surface area contributed by atoms with Crippen LogP contribution in [0.15, 0.2) is 34.7 Å². The number of furan rings is 1. The van der Waals surface area contributed by atoms with E-state index in [1.54, 1.807) is 44.2 Å². The number of esters is 1. The summed E-state index contributed by atoms with van der Waals surface area (Å²) in [5.41, 5.74) is 0.390. The van der Waals surface area contributed by atoms with Crippen LogP contribution in [0.25, 0.3) is 17.3 Å². The lowest BCUT2D eigenvalue weighted by Crippen LogP contribution is -2.40. The van der Waals surface area contributed by atoms with Gasteiger partial charge >= 0.3 is 5.97 Å². The molecule has 0 fully saturated rings. The third-order valence-corrected chi connectivity index (χ3v) is 8.80. The molecule has 1 aromatic carbocycles. The molecule has 202 valence electrons. The fraction of sp³-hybridized carbons (Fsp3) is 0.458. The molecule has 0 aliphatic heterocycles. The van der Waals surface area contributed by atoms with Gasteiger partial charge in [-0.25, -0.2) is 12.7 Å². The molecular weight excluding hydrogens is 516 g/mol. The van der Waals surface area contributed by atoms with Gasteiger partial charge in [0.25, 0.3) is 0 Å². The Labute approximate surface area is 218 Å². The summed E-state index contributed by atoms with van der Waals surface area (Å²) >= 11 is 0. The second kappa shape index (κ2) is 11.4. The maximum absolute atomic E-state index is 13.6. The number of hydrogen-bond donors (Lipinski definition) is 0. The van der Waals surface area contributed by atoms with E-state index in [0.717, 1.165) is 4.31 Å². The Morgan fingerprint density at radius 3 is 2.24 bits per heavy atom. The van der Waals surface area contributed by atoms with Crippen LogP contribution in [-0.2, 0) is 19.6 Å². The Balaban J connectivity index is 2.32. The molecular formula is C24H34N4O7SSi. The van der Waals surface area contributed by atoms with E-state index in [1.807, 2.05) is 0 Å². The highest BCUT2D eigenvalue weighted by atomic mass is 32.2. The normalized spacial score (nSPS) is 11.9. The summed E-state index contributed by atoms with van der Waals surface area (Å²) in [6, 6.07) is 9.30. The molecule has 0 atom stereocenters. The van der Waals surface area contributed by atoms with Gasteiger partial charge in [0.05, 0.1) is 20.8 Å². The summed E-state index contributed by atoms with van der Waals surface area (Å²) in [6.45, 7) is 9.98. The molecule has 0 radical (unpaired) electrons. The van der Waals surface area contributed by atoms with Crippen molar-refractivity contribution in [3.8, 4) is 28.8 Å². The molecule has 0 aliphatic carbocycles. The van der Waals surface area contributed by atoms with Gasteiger partial charge in [-0.3, -0.25) is 9.36 Å². The van der Waals surface area contributed by atoms with Crippen LogP contribution in [0.3, 0.4) is 0 Å². The highest BCUT2D eigenvalue weighted by Gasteiger charge is 2.35. The van der Waals surface area contributed by atoms with Crippen LogP contribution in [0.4, 0.5) is 5.95 Å². The summed E-state index contributed by atoms with van der Waals surface area (Å²) < 4.78 is 52.0. The van der Waals surface area contributed by atoms with Gasteiger partial charge in [0.15, 0.2) is 11.5 Å². The number of ether oxygens (including phenoxy) is 3. The first-order valence-electron chi connectivity index (χ1n) is 11.8. The predicted molar refractivity (Wildman–Crippen MR) is 143 cm³/mol. The highest BCUT2D eigenvalue weighted by molar-refractivity contribution is 7.93. The molecule has 0 saturated heterocycles. The van der Waals surface area contributed by atoms with Crippen LogP contribution in [0.5, 0.6) is 11.5 Å². The van der Waals surface area contributed by atoms with E-state index in [-0.39, 0.29) is 24.9 Å². The van der Waals surface area contributed by atoms with Crippen molar-refractivity contribution in [1.29, 1.82) is 0 Å². The summed E-state index contributed by atoms with van der Waals surface area (Å²) in [4.78, 5) is 12.3. The number of anilines is 1. The third-order valence-electron chi connectivity index (χ3n) is 5.46. The number of aromatic nitrogens is 3. The first-order chi connectivity index (χ1) is 17.4. The van der Waals surface area contributed by atoms with Gasteiger partial charge in [0, 0.05) is 14.6 Å². The molecule has 3 aromatic rings. The van der Waals surface area contributed by atoms with E-state index < -0.39 is 29.8 Å². The monoisotopic (exact) mass is 550 g/mol. The molecule has 0 spiro atoms. The number of aryl methyl sites for hydroxylation is 1. The van der Waals surface area contributed by atoms with E-state index in [9.17, 15) is 13.2 Å². The molecule has 0 aliphatic rings. The molecule has 0 unspecified atom stereocenters. The Morgan fingerprint density at radius 2 is 1.73 bits per heavy atom. The molecule has 3 rings (SSSR count). The lowest BCUT2D eigenvalue weighted by atomic mass is 10.2. The topological polar surface area (TPSA) is 126 Å². The average Bonchev–Trinajstić information content (AvgIpc) is 3.43. The minimum atomic E-state index is -4.21. The first kappa shape index (κ1) is 28.3. The minimum Gasteiger partial charge on any atom is -0.494 e. The predicted octanol–water partition coefficient (Wildman–Crippen LogP) is 3.89. The number of nitrogens with zero attached hydrogens (tertiary/aromatic N) is 4. The van der Waals surface area contributed by atoms with Gasteiger partial charge in [0.2, 0.25) is 21.8 Å². The van der Waals surface area contributed by atoms with Gasteiger partial charge in [0.1, 0.15) is 22.9 Å². The zero-order chi connectivity index (χ0) is 27.4. The smallest absolute Gasteiger partial charge is 0.323 e. The van der Waals surface area contributed by atoms with Crippen LogP contribution in [0.1, 0.15) is 12.7 Å². The van der Waals surface area contributed by atoms with Gasteiger partial charge in [-0.15, -0.1) is 10.2 Å². The first-order valence-corrected chi connectivity index (χ1v) is 17.1. The van der Waals surface area contributed by atoms with E-state index >= 15 is 0 Å². The molecule has 0 bridgehead atoms. The minimum absolute atomic E-state index is 0.0191. The van der Waals surface area contributed by atoms with Crippen molar-refractivity contribution in [2.75, 3.05) is 37.4 Å². The maximum atomic E-state index is 13.6. The van der Waals surface area contributed by atoms with Crippen LogP contribution < -0.4 is 13.8 Å². The van der Waals surface area contributed by atoms with Gasteiger partial charge in [-0.05, 0) is 44.2 Å². The van der Waals surface area contributed by atoms with Crippen molar-refractivity contribution >= 4 is 30.0 Å². The third kappa shape index (κ3) is 6.52. The number of rotatable bonds is 12. The second-order valence-corrected chi connectivity index (χ2v) is 17.0. The summed E-state index contributed by atoms with van der Waals surface area (Å²) in [5, 5.41) is 8.62. The molecule has 2 heterocycles. The summed E-state index contributed by atoms with van der Waals surface area (Å²) in [5.74, 6) is 0.363. The number of para-hydroxylation sites is 1. The average molecular weight is 551 g/mol. The quantitative estimate of drug-likeness (QED) is 0.244. The maximum Gasteiger partial charge on any atom is 0.323 e. The second-order valence-electron chi connectivity index (χ2n) is 9.52. The lowest BCUT2D eigenvalue weighted by molar-refractivity contribution is -0.139. The molecule has 0 amide bonds. The van der Waals surface area contributed by atoms with E-state index in [2.05, 4.69) is 29.8 Å². The Morgan fingerprint density at radius 1 is 1.08 bits per heavy atom. The largest absolute Gasteiger partial charge is 0.494 e. The molecule has 0 N–H and O–H groups in total. The molecule has 2 aromatic heterocycles. The zero-order valence-electron chi connectivity index (χ0n) is 22.3. The Hall–Kier alpha value is -3.32. The Bertz CT molecular complexity index is 1320. The number of methoxy groups -OCH3 is 2. The summed E-state index contributed by atoms with van der Waals surface area (Å²) in [6.07, 6.45) is 0. The summed E-state index contributed by atoms with van der Waals surface area (Å²) in [7, 11) is -2.93. The van der Waals surface area contributed by atoms with Gasteiger partial charge in [-0.1, -0.05) is 25.7 Å². The fourth-order valence-electron chi connectivity index (χ4n) is 3.64. The van der Waals surface area contributed by atoms with Gasteiger partial charge in [-0.2, -0.15) is 0 Å². The SMILES string of the molecule is CCOC(=O)CS(=O)(=O)N(CC[Si](C)(C)C)c1nnc(-c2ccc(C)o2)n1-c1c(OC)cccc1OC. The van der Waals surface area contributed by atoms with Gasteiger partial charge < -0.3 is 18.6 Å². The van der Waals surface area contributed by atoms with E-state index in [1.165, 1.54) is 18.8 Å². The molecule has 11 nitrogen and oxygen atoms in total. The zero-order valence-corrected chi connectivity index (χ0v) is 24.1. The van der Waals surface area contributed by atoms with Crippen molar-refractivity contribution in [3.63, 3.8) is 0 Å². The standard InChI is InChI=1S/C24H34N4O7SSi/c1-8-34-21(29)16-36(30,31)27(14-15-37(5,6)7)24-26-25-23(20-13-12-17(2)35-20)28(24)22-18(32-3)10-9-11-19(22)33-4/h9-13H,8,14-16H2,1-7H3. The van der Waals surface area contributed by atoms with E-state index in [0.29, 0.717) is 34.8 Å². The van der Waals surface area contributed by atoms with Crippen LogP contribution in [0.2, 0.25) is 25.7 Å². The number of hydrogen-bond acceptors (Lipinski definition) is 9.